The molecular formula is C13H20O2. The Morgan fingerprint density at radius 2 is 2.13 bits per heavy atom. The van der Waals surface area contributed by atoms with E-state index in [2.05, 4.69) is 27.4 Å². The fourth-order valence-electron chi connectivity index (χ4n) is 3.53. The van der Waals surface area contributed by atoms with Crippen LogP contribution in [-0.2, 0) is 9.53 Å². The molecule has 0 aromatic heterocycles. The van der Waals surface area contributed by atoms with E-state index < -0.39 is 0 Å². The molecule has 15 heavy (non-hydrogen) atoms. The van der Waals surface area contributed by atoms with Gasteiger partial charge in [-0.05, 0) is 30.1 Å². The van der Waals surface area contributed by atoms with Crippen LogP contribution in [0.2, 0.25) is 0 Å². The molecule has 2 fully saturated rings. The maximum absolute atomic E-state index is 11.2. The van der Waals surface area contributed by atoms with Gasteiger partial charge in [-0.25, -0.2) is 4.79 Å². The highest BCUT2D eigenvalue weighted by molar-refractivity contribution is 5.81. The van der Waals surface area contributed by atoms with Crippen molar-refractivity contribution in [3.8, 4) is 0 Å². The SMILES string of the molecule is C=CC(=O)O[C@@H]1C[C@]2(C)CC[C@H]1C2(C)C. The summed E-state index contributed by atoms with van der Waals surface area (Å²) >= 11 is 0. The quantitative estimate of drug-likeness (QED) is 0.515. The lowest BCUT2D eigenvalue weighted by molar-refractivity contribution is -0.146. The van der Waals surface area contributed by atoms with Gasteiger partial charge in [-0.1, -0.05) is 27.4 Å². The van der Waals surface area contributed by atoms with Crippen molar-refractivity contribution < 1.29 is 9.53 Å². The first-order valence-electron chi connectivity index (χ1n) is 5.74. The maximum Gasteiger partial charge on any atom is 0.330 e. The molecule has 2 heteroatoms. The molecule has 0 amide bonds. The minimum absolute atomic E-state index is 0.115. The topological polar surface area (TPSA) is 26.3 Å². The highest BCUT2D eigenvalue weighted by atomic mass is 16.5. The standard InChI is InChI=1S/C13H20O2/c1-5-11(14)15-10-8-13(4)7-6-9(10)12(13,2)3/h5,9-10H,1,6-8H2,2-4H3/t9-,10-,13+/m1/s1. The summed E-state index contributed by atoms with van der Waals surface area (Å²) in [5.41, 5.74) is 0.656. The third kappa shape index (κ3) is 1.34. The Kier molecular flexibility index (Phi) is 2.21. The highest BCUT2D eigenvalue weighted by Gasteiger charge is 2.61. The molecule has 2 rings (SSSR count). The summed E-state index contributed by atoms with van der Waals surface area (Å²) in [7, 11) is 0. The molecule has 0 aromatic carbocycles. The molecule has 0 saturated heterocycles. The average Bonchev–Trinajstić information content (AvgIpc) is 2.48. The summed E-state index contributed by atoms with van der Waals surface area (Å²) < 4.78 is 5.44. The van der Waals surface area contributed by atoms with Gasteiger partial charge in [-0.15, -0.1) is 0 Å². The van der Waals surface area contributed by atoms with E-state index >= 15 is 0 Å². The smallest absolute Gasteiger partial charge is 0.330 e. The van der Waals surface area contributed by atoms with Gasteiger partial charge in [0.1, 0.15) is 6.10 Å². The zero-order chi connectivity index (χ0) is 11.3. The molecule has 0 aromatic rings. The van der Waals surface area contributed by atoms with E-state index in [0.29, 0.717) is 16.7 Å². The van der Waals surface area contributed by atoms with Gasteiger partial charge in [0.25, 0.3) is 0 Å². The second kappa shape index (κ2) is 3.10. The van der Waals surface area contributed by atoms with E-state index in [1.54, 1.807) is 0 Å². The molecule has 2 aliphatic rings. The number of carbonyl (C=O) groups excluding carboxylic acids is 1. The van der Waals surface area contributed by atoms with Crippen molar-refractivity contribution in [1.82, 2.24) is 0 Å². The van der Waals surface area contributed by atoms with E-state index in [9.17, 15) is 4.79 Å². The number of rotatable bonds is 2. The van der Waals surface area contributed by atoms with Gasteiger partial charge in [0, 0.05) is 12.0 Å². The Morgan fingerprint density at radius 3 is 2.53 bits per heavy atom. The summed E-state index contributed by atoms with van der Waals surface area (Å²) in [6, 6.07) is 0. The molecule has 0 spiro atoms. The highest BCUT2D eigenvalue weighted by Crippen LogP contribution is 2.66. The lowest BCUT2D eigenvalue weighted by atomic mass is 9.71. The summed E-state index contributed by atoms with van der Waals surface area (Å²) in [6.45, 7) is 10.4. The van der Waals surface area contributed by atoms with Gasteiger partial charge < -0.3 is 4.74 Å². The number of hydrogen-bond donors (Lipinski definition) is 0. The first-order valence-corrected chi connectivity index (χ1v) is 5.74. The van der Waals surface area contributed by atoms with E-state index in [-0.39, 0.29) is 12.1 Å². The Hall–Kier alpha value is -0.790. The fourth-order valence-corrected chi connectivity index (χ4v) is 3.53. The second-order valence-electron chi connectivity index (χ2n) is 5.81. The van der Waals surface area contributed by atoms with Crippen LogP contribution in [0.5, 0.6) is 0 Å². The third-order valence-electron chi connectivity index (χ3n) is 5.02. The van der Waals surface area contributed by atoms with Gasteiger partial charge in [0.05, 0.1) is 0 Å². The average molecular weight is 208 g/mol. The first kappa shape index (κ1) is 10.7. The van der Waals surface area contributed by atoms with Crippen LogP contribution in [0.1, 0.15) is 40.0 Å². The molecule has 0 N–H and O–H groups in total. The van der Waals surface area contributed by atoms with Crippen molar-refractivity contribution in [2.75, 3.05) is 0 Å². The second-order valence-corrected chi connectivity index (χ2v) is 5.81. The van der Waals surface area contributed by atoms with Crippen LogP contribution in [0, 0.1) is 16.7 Å². The minimum Gasteiger partial charge on any atom is -0.459 e. The van der Waals surface area contributed by atoms with Gasteiger partial charge in [0.2, 0.25) is 0 Å². The van der Waals surface area contributed by atoms with Crippen molar-refractivity contribution in [3.63, 3.8) is 0 Å². The molecule has 2 bridgehead atoms. The lowest BCUT2D eigenvalue weighted by Crippen LogP contribution is -2.27. The molecule has 0 unspecified atom stereocenters. The third-order valence-corrected chi connectivity index (χ3v) is 5.02. The largest absolute Gasteiger partial charge is 0.459 e. The Balaban J connectivity index is 2.15. The number of fused-ring (bicyclic) bond motifs is 2. The Bertz CT molecular complexity index is 303. The fraction of sp³-hybridized carbons (Fsp3) is 0.769. The molecule has 0 heterocycles. The molecular weight excluding hydrogens is 188 g/mol. The van der Waals surface area contributed by atoms with Crippen molar-refractivity contribution in [2.24, 2.45) is 16.7 Å². The molecule has 2 nitrogen and oxygen atoms in total. The van der Waals surface area contributed by atoms with E-state index in [0.717, 1.165) is 6.42 Å². The van der Waals surface area contributed by atoms with Crippen molar-refractivity contribution in [2.45, 2.75) is 46.1 Å². The van der Waals surface area contributed by atoms with Gasteiger partial charge >= 0.3 is 5.97 Å². The van der Waals surface area contributed by atoms with Crippen LogP contribution < -0.4 is 0 Å². The van der Waals surface area contributed by atoms with Crippen molar-refractivity contribution in [3.05, 3.63) is 12.7 Å². The van der Waals surface area contributed by atoms with Crippen molar-refractivity contribution in [1.29, 1.82) is 0 Å². The first-order chi connectivity index (χ1) is 6.90. The molecule has 84 valence electrons. The van der Waals surface area contributed by atoms with E-state index in [1.165, 1.54) is 18.9 Å². The molecule has 0 radical (unpaired) electrons. The maximum atomic E-state index is 11.2. The Labute approximate surface area is 91.7 Å². The van der Waals surface area contributed by atoms with Crippen LogP contribution >= 0.6 is 0 Å². The molecule has 0 aliphatic heterocycles. The van der Waals surface area contributed by atoms with Crippen molar-refractivity contribution >= 4 is 5.97 Å². The van der Waals surface area contributed by atoms with Gasteiger partial charge in [-0.3, -0.25) is 0 Å². The van der Waals surface area contributed by atoms with Gasteiger partial charge in [-0.2, -0.15) is 0 Å². The van der Waals surface area contributed by atoms with Crippen LogP contribution in [0.3, 0.4) is 0 Å². The summed E-state index contributed by atoms with van der Waals surface area (Å²) in [5, 5.41) is 0. The van der Waals surface area contributed by atoms with Crippen LogP contribution in [0.15, 0.2) is 12.7 Å². The minimum atomic E-state index is -0.271. The Morgan fingerprint density at radius 1 is 1.47 bits per heavy atom. The molecule has 2 saturated carbocycles. The summed E-state index contributed by atoms with van der Waals surface area (Å²) in [4.78, 5) is 11.2. The van der Waals surface area contributed by atoms with Crippen LogP contribution in [0.4, 0.5) is 0 Å². The normalized spacial score (nSPS) is 41.5. The lowest BCUT2D eigenvalue weighted by Gasteiger charge is -2.33. The number of ether oxygens (including phenoxy) is 1. The zero-order valence-electron chi connectivity index (χ0n) is 9.88. The number of esters is 1. The van der Waals surface area contributed by atoms with E-state index in [1.807, 2.05) is 0 Å². The molecule has 2 aliphatic carbocycles. The number of carbonyl (C=O) groups is 1. The van der Waals surface area contributed by atoms with Crippen LogP contribution in [0.25, 0.3) is 0 Å². The van der Waals surface area contributed by atoms with E-state index in [4.69, 9.17) is 4.74 Å². The van der Waals surface area contributed by atoms with Crippen LogP contribution in [-0.4, -0.2) is 12.1 Å². The number of hydrogen-bond acceptors (Lipinski definition) is 2. The summed E-state index contributed by atoms with van der Waals surface area (Å²) in [6.07, 6.45) is 4.86. The predicted octanol–water partition coefficient (Wildman–Crippen LogP) is 2.93. The summed E-state index contributed by atoms with van der Waals surface area (Å²) in [5.74, 6) is 0.262. The predicted molar refractivity (Wildman–Crippen MR) is 59.3 cm³/mol. The molecule has 3 atom stereocenters. The van der Waals surface area contributed by atoms with Gasteiger partial charge in [0.15, 0.2) is 0 Å². The monoisotopic (exact) mass is 208 g/mol. The zero-order valence-corrected chi connectivity index (χ0v) is 9.88.